The SMILES string of the molecule is CC(C)(C(=O)O)n1cc(NC(=O)C2CC2c2ccc3ccccc3c2)cn1. The number of hydrogen-bond acceptors (Lipinski definition) is 3. The zero-order valence-electron chi connectivity index (χ0n) is 15.2. The second-order valence-electron chi connectivity index (χ2n) is 7.58. The highest BCUT2D eigenvalue weighted by Gasteiger charge is 2.44. The highest BCUT2D eigenvalue weighted by molar-refractivity contribution is 5.95. The van der Waals surface area contributed by atoms with E-state index in [0.29, 0.717) is 5.69 Å². The number of carbonyl (C=O) groups is 2. The van der Waals surface area contributed by atoms with Crippen molar-refractivity contribution >= 4 is 28.3 Å². The number of aromatic nitrogens is 2. The number of hydrogen-bond donors (Lipinski definition) is 2. The van der Waals surface area contributed by atoms with Gasteiger partial charge in [-0.05, 0) is 42.5 Å². The molecule has 1 amide bonds. The Bertz CT molecular complexity index is 1040. The first-order valence-electron chi connectivity index (χ1n) is 8.94. The Morgan fingerprint density at radius 3 is 2.67 bits per heavy atom. The summed E-state index contributed by atoms with van der Waals surface area (Å²) in [7, 11) is 0. The third-order valence-corrected chi connectivity index (χ3v) is 5.28. The van der Waals surface area contributed by atoms with E-state index in [1.165, 1.54) is 27.2 Å². The lowest BCUT2D eigenvalue weighted by molar-refractivity contribution is -0.146. The highest BCUT2D eigenvalue weighted by atomic mass is 16.4. The number of fused-ring (bicyclic) bond motifs is 1. The summed E-state index contributed by atoms with van der Waals surface area (Å²) in [5.74, 6) is -0.884. The molecule has 2 aromatic carbocycles. The first-order chi connectivity index (χ1) is 12.9. The van der Waals surface area contributed by atoms with Gasteiger partial charge in [0.05, 0.1) is 11.9 Å². The Morgan fingerprint density at radius 2 is 1.93 bits per heavy atom. The Labute approximate surface area is 156 Å². The van der Waals surface area contributed by atoms with Crippen molar-refractivity contribution in [2.24, 2.45) is 5.92 Å². The van der Waals surface area contributed by atoms with E-state index in [9.17, 15) is 14.7 Å². The van der Waals surface area contributed by atoms with Gasteiger partial charge in [-0.3, -0.25) is 9.48 Å². The molecule has 0 saturated heterocycles. The lowest BCUT2D eigenvalue weighted by Gasteiger charge is -2.19. The molecule has 2 atom stereocenters. The molecule has 0 bridgehead atoms. The monoisotopic (exact) mass is 363 g/mol. The molecule has 2 unspecified atom stereocenters. The van der Waals surface area contributed by atoms with E-state index in [0.717, 1.165) is 6.42 Å². The van der Waals surface area contributed by atoms with Crippen LogP contribution in [0.5, 0.6) is 0 Å². The van der Waals surface area contributed by atoms with Crippen LogP contribution in [0.4, 0.5) is 5.69 Å². The third kappa shape index (κ3) is 3.18. The summed E-state index contributed by atoms with van der Waals surface area (Å²) in [5.41, 5.74) is 0.519. The highest BCUT2D eigenvalue weighted by Crippen LogP contribution is 2.48. The van der Waals surface area contributed by atoms with Crippen molar-refractivity contribution in [1.29, 1.82) is 0 Å². The summed E-state index contributed by atoms with van der Waals surface area (Å²) in [6, 6.07) is 14.5. The van der Waals surface area contributed by atoms with Crippen molar-refractivity contribution in [1.82, 2.24) is 9.78 Å². The number of benzene rings is 2. The molecule has 6 nitrogen and oxygen atoms in total. The summed E-state index contributed by atoms with van der Waals surface area (Å²) < 4.78 is 1.35. The second-order valence-corrected chi connectivity index (χ2v) is 7.58. The molecule has 4 rings (SSSR count). The molecule has 138 valence electrons. The number of amides is 1. The third-order valence-electron chi connectivity index (χ3n) is 5.28. The summed E-state index contributed by atoms with van der Waals surface area (Å²) in [6.07, 6.45) is 3.86. The fourth-order valence-electron chi connectivity index (χ4n) is 3.32. The molecule has 27 heavy (non-hydrogen) atoms. The Kier molecular flexibility index (Phi) is 3.98. The van der Waals surface area contributed by atoms with Crippen LogP contribution in [0.15, 0.2) is 54.9 Å². The van der Waals surface area contributed by atoms with E-state index in [1.54, 1.807) is 20.0 Å². The largest absolute Gasteiger partial charge is 0.479 e. The molecule has 1 aromatic heterocycles. The molecule has 1 fully saturated rings. The van der Waals surface area contributed by atoms with E-state index in [4.69, 9.17) is 0 Å². The predicted octanol–water partition coefficient (Wildman–Crippen LogP) is 3.60. The van der Waals surface area contributed by atoms with E-state index in [-0.39, 0.29) is 17.7 Å². The van der Waals surface area contributed by atoms with Crippen molar-refractivity contribution in [3.05, 3.63) is 60.4 Å². The molecule has 1 heterocycles. The fraction of sp³-hybridized carbons (Fsp3) is 0.286. The van der Waals surface area contributed by atoms with Gasteiger partial charge in [-0.1, -0.05) is 42.5 Å². The zero-order valence-corrected chi connectivity index (χ0v) is 15.2. The average Bonchev–Trinajstić information content (AvgIpc) is 3.32. The first-order valence-corrected chi connectivity index (χ1v) is 8.94. The summed E-state index contributed by atoms with van der Waals surface area (Å²) >= 11 is 0. The number of carbonyl (C=O) groups excluding carboxylic acids is 1. The topological polar surface area (TPSA) is 84.2 Å². The van der Waals surface area contributed by atoms with Crippen LogP contribution < -0.4 is 5.32 Å². The summed E-state index contributed by atoms with van der Waals surface area (Å²) in [4.78, 5) is 23.9. The molecule has 0 radical (unpaired) electrons. The van der Waals surface area contributed by atoms with Crippen LogP contribution in [0, 0.1) is 5.92 Å². The van der Waals surface area contributed by atoms with Gasteiger partial charge in [0.1, 0.15) is 0 Å². The Hall–Kier alpha value is -3.15. The molecular weight excluding hydrogens is 342 g/mol. The van der Waals surface area contributed by atoms with Crippen LogP contribution in [0.25, 0.3) is 10.8 Å². The normalized spacial score (nSPS) is 19.0. The van der Waals surface area contributed by atoms with Gasteiger partial charge < -0.3 is 10.4 Å². The van der Waals surface area contributed by atoms with Gasteiger partial charge in [0.15, 0.2) is 5.54 Å². The molecule has 0 aliphatic heterocycles. The Morgan fingerprint density at radius 1 is 1.19 bits per heavy atom. The van der Waals surface area contributed by atoms with Crippen molar-refractivity contribution in [2.75, 3.05) is 5.32 Å². The first kappa shape index (κ1) is 17.3. The molecule has 1 saturated carbocycles. The summed E-state index contributed by atoms with van der Waals surface area (Å²) in [6.45, 7) is 3.12. The quantitative estimate of drug-likeness (QED) is 0.725. The predicted molar refractivity (Wildman–Crippen MR) is 103 cm³/mol. The number of carboxylic acid groups (broad SMARTS) is 1. The number of anilines is 1. The molecule has 1 aliphatic rings. The van der Waals surface area contributed by atoms with E-state index >= 15 is 0 Å². The number of aliphatic carboxylic acids is 1. The minimum Gasteiger partial charge on any atom is -0.479 e. The van der Waals surface area contributed by atoms with Crippen LogP contribution in [0.1, 0.15) is 31.7 Å². The van der Waals surface area contributed by atoms with Crippen LogP contribution in [-0.4, -0.2) is 26.8 Å². The molecule has 1 aliphatic carbocycles. The number of nitrogens with zero attached hydrogens (tertiary/aromatic N) is 2. The molecule has 0 spiro atoms. The lowest BCUT2D eigenvalue weighted by atomic mass is 10.0. The van der Waals surface area contributed by atoms with Crippen LogP contribution in [0.3, 0.4) is 0 Å². The van der Waals surface area contributed by atoms with Crippen molar-refractivity contribution in [2.45, 2.75) is 31.7 Å². The molecule has 3 aromatic rings. The Balaban J connectivity index is 1.44. The maximum Gasteiger partial charge on any atom is 0.331 e. The number of carboxylic acids is 1. The smallest absolute Gasteiger partial charge is 0.331 e. The summed E-state index contributed by atoms with van der Waals surface area (Å²) in [5, 5.41) is 18.6. The van der Waals surface area contributed by atoms with E-state index in [1.807, 2.05) is 12.1 Å². The van der Waals surface area contributed by atoms with E-state index in [2.05, 4.69) is 40.7 Å². The fourth-order valence-corrected chi connectivity index (χ4v) is 3.32. The molecule has 6 heteroatoms. The maximum atomic E-state index is 12.6. The van der Waals surface area contributed by atoms with Crippen molar-refractivity contribution in [3.63, 3.8) is 0 Å². The van der Waals surface area contributed by atoms with Gasteiger partial charge in [-0.15, -0.1) is 0 Å². The van der Waals surface area contributed by atoms with Gasteiger partial charge in [0, 0.05) is 12.1 Å². The van der Waals surface area contributed by atoms with Gasteiger partial charge in [-0.25, -0.2) is 4.79 Å². The van der Waals surface area contributed by atoms with Crippen LogP contribution in [0.2, 0.25) is 0 Å². The van der Waals surface area contributed by atoms with Crippen molar-refractivity contribution in [3.8, 4) is 0 Å². The van der Waals surface area contributed by atoms with Gasteiger partial charge in [-0.2, -0.15) is 5.10 Å². The zero-order chi connectivity index (χ0) is 19.2. The minimum absolute atomic E-state index is 0.0548. The maximum absolute atomic E-state index is 12.6. The van der Waals surface area contributed by atoms with Gasteiger partial charge in [0.2, 0.25) is 5.91 Å². The van der Waals surface area contributed by atoms with E-state index < -0.39 is 11.5 Å². The van der Waals surface area contributed by atoms with Crippen molar-refractivity contribution < 1.29 is 14.7 Å². The molecular formula is C21H21N3O3. The number of nitrogens with one attached hydrogen (secondary N) is 1. The lowest BCUT2D eigenvalue weighted by Crippen LogP contribution is -2.35. The van der Waals surface area contributed by atoms with Gasteiger partial charge >= 0.3 is 5.97 Å². The standard InChI is InChI=1S/C21H21N3O3/c1-21(2,20(26)27)24-12-16(11-22-24)23-19(25)18-10-17(18)15-8-7-13-5-3-4-6-14(13)9-15/h3-9,11-12,17-18H,10H2,1-2H3,(H,23,25)(H,26,27). The molecule has 2 N–H and O–H groups in total. The van der Waals surface area contributed by atoms with Crippen LogP contribution in [-0.2, 0) is 15.1 Å². The van der Waals surface area contributed by atoms with Gasteiger partial charge in [0.25, 0.3) is 0 Å². The average molecular weight is 363 g/mol. The second kappa shape index (κ2) is 6.23. The van der Waals surface area contributed by atoms with Crippen LogP contribution >= 0.6 is 0 Å². The minimum atomic E-state index is -1.17. The number of rotatable bonds is 5.